The Labute approximate surface area is 170 Å². The summed E-state index contributed by atoms with van der Waals surface area (Å²) in [4.78, 5) is 24.2. The fourth-order valence-electron chi connectivity index (χ4n) is 2.64. The number of alkyl halides is 2. The first-order valence-corrected chi connectivity index (χ1v) is 8.95. The maximum absolute atomic E-state index is 12.4. The molecule has 8 nitrogen and oxygen atoms in total. The fourth-order valence-corrected chi connectivity index (χ4v) is 2.64. The number of ether oxygens (including phenoxy) is 5. The van der Waals surface area contributed by atoms with Crippen LogP contribution in [0.15, 0.2) is 36.4 Å². The van der Waals surface area contributed by atoms with Gasteiger partial charge in [-0.2, -0.15) is 8.78 Å². The molecule has 0 radical (unpaired) electrons. The van der Waals surface area contributed by atoms with Crippen molar-refractivity contribution < 1.29 is 42.1 Å². The first kappa shape index (κ1) is 21.2. The molecule has 0 atom stereocenters. The molecule has 0 aromatic heterocycles. The number of methoxy groups -OCH3 is 1. The molecule has 0 spiro atoms. The molecule has 0 bridgehead atoms. The van der Waals surface area contributed by atoms with Gasteiger partial charge in [0.1, 0.15) is 0 Å². The molecule has 2 aromatic carbocycles. The van der Waals surface area contributed by atoms with Crippen LogP contribution in [-0.4, -0.2) is 45.4 Å². The molecule has 0 fully saturated rings. The van der Waals surface area contributed by atoms with Gasteiger partial charge in [-0.15, -0.1) is 0 Å². The van der Waals surface area contributed by atoms with Gasteiger partial charge in [0.15, 0.2) is 29.6 Å². The van der Waals surface area contributed by atoms with Crippen molar-refractivity contribution in [2.75, 3.05) is 32.2 Å². The van der Waals surface area contributed by atoms with E-state index in [-0.39, 0.29) is 17.1 Å². The summed E-state index contributed by atoms with van der Waals surface area (Å²) in [6.45, 7) is -2.53. The minimum atomic E-state index is -3.04. The highest BCUT2D eigenvalue weighted by atomic mass is 19.3. The van der Waals surface area contributed by atoms with Crippen LogP contribution in [0, 0.1) is 0 Å². The standard InChI is InChI=1S/C20H19F2NO7/c1-26-16-9-12(3-5-15(16)30-20(21)22)19(25)29-11-18(24)23-13-4-6-14-17(10-13)28-8-2-7-27-14/h3-6,9-10,20H,2,7-8,11H2,1H3,(H,23,24). The van der Waals surface area contributed by atoms with Gasteiger partial charge in [-0.25, -0.2) is 4.79 Å². The van der Waals surface area contributed by atoms with Crippen molar-refractivity contribution in [3.8, 4) is 23.0 Å². The molecule has 3 rings (SSSR count). The number of anilines is 1. The van der Waals surface area contributed by atoms with Crippen LogP contribution in [0.25, 0.3) is 0 Å². The Hall–Kier alpha value is -3.56. The molecule has 0 saturated heterocycles. The molecule has 0 aliphatic carbocycles. The largest absolute Gasteiger partial charge is 0.493 e. The van der Waals surface area contributed by atoms with Gasteiger partial charge in [0, 0.05) is 18.2 Å². The summed E-state index contributed by atoms with van der Waals surface area (Å²) >= 11 is 0. The lowest BCUT2D eigenvalue weighted by Crippen LogP contribution is -2.21. The molecular weight excluding hydrogens is 404 g/mol. The fraction of sp³-hybridized carbons (Fsp3) is 0.300. The van der Waals surface area contributed by atoms with Gasteiger partial charge < -0.3 is 29.0 Å². The van der Waals surface area contributed by atoms with E-state index in [4.69, 9.17) is 18.9 Å². The van der Waals surface area contributed by atoms with Crippen molar-refractivity contribution in [3.63, 3.8) is 0 Å². The van der Waals surface area contributed by atoms with Crippen LogP contribution in [0.5, 0.6) is 23.0 Å². The predicted molar refractivity (Wildman–Crippen MR) is 101 cm³/mol. The normalized spacial score (nSPS) is 12.7. The molecule has 1 aliphatic rings. The second-order valence-electron chi connectivity index (χ2n) is 6.08. The van der Waals surface area contributed by atoms with Crippen LogP contribution < -0.4 is 24.3 Å². The topological polar surface area (TPSA) is 92.3 Å². The SMILES string of the molecule is COc1cc(C(=O)OCC(=O)Nc2ccc3c(c2)OCCCO3)ccc1OC(F)F. The van der Waals surface area contributed by atoms with Crippen molar-refractivity contribution in [1.82, 2.24) is 0 Å². The Morgan fingerprint density at radius 2 is 1.83 bits per heavy atom. The van der Waals surface area contributed by atoms with Gasteiger partial charge in [0.2, 0.25) is 0 Å². The van der Waals surface area contributed by atoms with Gasteiger partial charge in [0.05, 0.1) is 25.9 Å². The summed E-state index contributed by atoms with van der Waals surface area (Å²) in [5, 5.41) is 2.59. The molecule has 0 unspecified atom stereocenters. The minimum Gasteiger partial charge on any atom is -0.493 e. The predicted octanol–water partition coefficient (Wildman–Crippen LogP) is 3.25. The van der Waals surface area contributed by atoms with Crippen molar-refractivity contribution in [2.45, 2.75) is 13.0 Å². The van der Waals surface area contributed by atoms with E-state index in [9.17, 15) is 18.4 Å². The van der Waals surface area contributed by atoms with E-state index in [0.717, 1.165) is 12.5 Å². The minimum absolute atomic E-state index is 0.0110. The average molecular weight is 423 g/mol. The van der Waals surface area contributed by atoms with Gasteiger partial charge in [-0.05, 0) is 30.3 Å². The van der Waals surface area contributed by atoms with E-state index in [2.05, 4.69) is 10.1 Å². The Morgan fingerprint density at radius 3 is 2.57 bits per heavy atom. The van der Waals surface area contributed by atoms with Crippen molar-refractivity contribution >= 4 is 17.6 Å². The Morgan fingerprint density at radius 1 is 1.07 bits per heavy atom. The number of carbonyl (C=O) groups is 2. The Kier molecular flexibility index (Phi) is 6.89. The first-order valence-electron chi connectivity index (χ1n) is 8.95. The van der Waals surface area contributed by atoms with Gasteiger partial charge in [-0.3, -0.25) is 4.79 Å². The number of hydrogen-bond acceptors (Lipinski definition) is 7. The molecule has 30 heavy (non-hydrogen) atoms. The smallest absolute Gasteiger partial charge is 0.387 e. The molecule has 160 valence electrons. The highest BCUT2D eigenvalue weighted by molar-refractivity contribution is 5.96. The lowest BCUT2D eigenvalue weighted by molar-refractivity contribution is -0.119. The molecule has 2 aromatic rings. The summed E-state index contributed by atoms with van der Waals surface area (Å²) < 4.78 is 50.0. The zero-order valence-electron chi connectivity index (χ0n) is 16.0. The Bertz CT molecular complexity index is 920. The maximum Gasteiger partial charge on any atom is 0.387 e. The van der Waals surface area contributed by atoms with E-state index >= 15 is 0 Å². The number of carbonyl (C=O) groups excluding carboxylic acids is 2. The maximum atomic E-state index is 12.4. The first-order chi connectivity index (χ1) is 14.5. The Balaban J connectivity index is 1.57. The third kappa shape index (κ3) is 5.49. The van der Waals surface area contributed by atoms with E-state index in [1.54, 1.807) is 18.2 Å². The zero-order chi connectivity index (χ0) is 21.5. The molecule has 1 heterocycles. The molecule has 1 aliphatic heterocycles. The zero-order valence-corrected chi connectivity index (χ0v) is 16.0. The number of halogens is 2. The summed E-state index contributed by atoms with van der Waals surface area (Å²) in [6, 6.07) is 8.50. The lowest BCUT2D eigenvalue weighted by atomic mass is 10.2. The number of rotatable bonds is 7. The summed E-state index contributed by atoms with van der Waals surface area (Å²) in [6.07, 6.45) is 0.756. The number of nitrogens with one attached hydrogen (secondary N) is 1. The number of amides is 1. The number of esters is 1. The van der Waals surface area contributed by atoms with Crippen LogP contribution >= 0.6 is 0 Å². The number of hydrogen-bond donors (Lipinski definition) is 1. The highest BCUT2D eigenvalue weighted by Gasteiger charge is 2.17. The third-order valence-corrected chi connectivity index (χ3v) is 3.98. The lowest BCUT2D eigenvalue weighted by Gasteiger charge is -2.12. The van der Waals surface area contributed by atoms with Gasteiger partial charge in [-0.1, -0.05) is 0 Å². The monoisotopic (exact) mass is 423 g/mol. The van der Waals surface area contributed by atoms with Crippen molar-refractivity contribution in [3.05, 3.63) is 42.0 Å². The van der Waals surface area contributed by atoms with E-state index in [1.807, 2.05) is 0 Å². The summed E-state index contributed by atoms with van der Waals surface area (Å²) in [5.41, 5.74) is 0.465. The molecule has 1 N–H and O–H groups in total. The van der Waals surface area contributed by atoms with Crippen molar-refractivity contribution in [1.29, 1.82) is 0 Å². The molecule has 1 amide bonds. The van der Waals surface area contributed by atoms with Crippen LogP contribution in [0.2, 0.25) is 0 Å². The number of fused-ring (bicyclic) bond motifs is 1. The second kappa shape index (κ2) is 9.77. The molecule has 10 heteroatoms. The van der Waals surface area contributed by atoms with E-state index < -0.39 is 25.1 Å². The highest BCUT2D eigenvalue weighted by Crippen LogP contribution is 2.32. The van der Waals surface area contributed by atoms with E-state index in [1.165, 1.54) is 19.2 Å². The average Bonchev–Trinajstić information content (AvgIpc) is 2.97. The van der Waals surface area contributed by atoms with Crippen LogP contribution in [-0.2, 0) is 9.53 Å². The third-order valence-electron chi connectivity index (χ3n) is 3.98. The van der Waals surface area contributed by atoms with Crippen LogP contribution in [0.4, 0.5) is 14.5 Å². The number of benzene rings is 2. The van der Waals surface area contributed by atoms with Crippen LogP contribution in [0.3, 0.4) is 0 Å². The van der Waals surface area contributed by atoms with Gasteiger partial charge in [0.25, 0.3) is 5.91 Å². The van der Waals surface area contributed by atoms with E-state index in [0.29, 0.717) is 30.4 Å². The summed E-state index contributed by atoms with van der Waals surface area (Å²) in [7, 11) is 1.24. The quantitative estimate of drug-likeness (QED) is 0.684. The van der Waals surface area contributed by atoms with Crippen molar-refractivity contribution in [2.24, 2.45) is 0 Å². The molecular formula is C20H19F2NO7. The summed E-state index contributed by atoms with van der Waals surface area (Å²) in [5.74, 6) is -0.587. The second-order valence-corrected chi connectivity index (χ2v) is 6.08. The molecule has 0 saturated carbocycles. The van der Waals surface area contributed by atoms with Crippen LogP contribution in [0.1, 0.15) is 16.8 Å². The van der Waals surface area contributed by atoms with Gasteiger partial charge >= 0.3 is 12.6 Å².